The maximum absolute atomic E-state index is 12.2. The minimum absolute atomic E-state index is 0. The predicted octanol–water partition coefficient (Wildman–Crippen LogP) is 3.40. The summed E-state index contributed by atoms with van der Waals surface area (Å²) in [6, 6.07) is 7.83. The summed E-state index contributed by atoms with van der Waals surface area (Å²) in [7, 11) is 5.88. The molecule has 1 aromatic carbocycles. The Kier molecular flexibility index (Phi) is 9.56. The van der Waals surface area contributed by atoms with Gasteiger partial charge in [0.2, 0.25) is 0 Å². The predicted molar refractivity (Wildman–Crippen MR) is 112 cm³/mol. The zero-order valence-corrected chi connectivity index (χ0v) is 18.1. The van der Waals surface area contributed by atoms with Crippen molar-refractivity contribution in [2.45, 2.75) is 45.0 Å². The first-order valence-corrected chi connectivity index (χ1v) is 8.58. The van der Waals surface area contributed by atoms with Crippen molar-refractivity contribution >= 4 is 29.9 Å². The monoisotopic (exact) mass is 482 g/mol. The third-order valence-corrected chi connectivity index (χ3v) is 4.52. The number of nitrogens with one attached hydrogen (secondary N) is 1. The molecule has 0 saturated heterocycles. The highest BCUT2D eigenvalue weighted by Gasteiger charge is 2.29. The number of halogens is 3. The molecule has 1 atom stereocenters. The second kappa shape index (κ2) is 10.9. The van der Waals surface area contributed by atoms with E-state index in [1.807, 2.05) is 11.9 Å². The summed E-state index contributed by atoms with van der Waals surface area (Å²) in [4.78, 5) is 8.73. The van der Waals surface area contributed by atoms with Crippen molar-refractivity contribution in [2.75, 3.05) is 27.7 Å². The molecule has 0 heterocycles. The SMILES string of the molecule is CN=C(NCC(C)N(C)C1CC1)N(C)Cc1ccc(OC(F)F)cc1.I. The molecule has 0 bridgehead atoms. The largest absolute Gasteiger partial charge is 0.435 e. The van der Waals surface area contributed by atoms with Crippen LogP contribution < -0.4 is 10.1 Å². The Bertz CT molecular complexity index is 567. The zero-order valence-electron chi connectivity index (χ0n) is 15.8. The first-order valence-electron chi connectivity index (χ1n) is 8.58. The Labute approximate surface area is 171 Å². The van der Waals surface area contributed by atoms with Crippen LogP contribution in [0.15, 0.2) is 29.3 Å². The summed E-state index contributed by atoms with van der Waals surface area (Å²) >= 11 is 0. The number of alkyl halides is 2. The quantitative estimate of drug-likeness (QED) is 0.351. The fourth-order valence-electron chi connectivity index (χ4n) is 2.73. The minimum Gasteiger partial charge on any atom is -0.435 e. The number of nitrogens with zero attached hydrogens (tertiary/aromatic N) is 3. The van der Waals surface area contributed by atoms with Crippen LogP contribution in [-0.2, 0) is 6.54 Å². The fraction of sp³-hybridized carbons (Fsp3) is 0.611. The molecular weight excluding hydrogens is 453 g/mol. The summed E-state index contributed by atoms with van der Waals surface area (Å²) in [6.07, 6.45) is 2.58. The summed E-state index contributed by atoms with van der Waals surface area (Å²) < 4.78 is 28.7. The van der Waals surface area contributed by atoms with E-state index in [4.69, 9.17) is 0 Å². The van der Waals surface area contributed by atoms with E-state index in [0.29, 0.717) is 12.6 Å². The van der Waals surface area contributed by atoms with Crippen molar-refractivity contribution in [3.8, 4) is 5.75 Å². The Hall–Kier alpha value is -1.16. The first kappa shape index (κ1) is 22.9. The first-order chi connectivity index (χ1) is 11.9. The van der Waals surface area contributed by atoms with E-state index >= 15 is 0 Å². The average molecular weight is 482 g/mol. The van der Waals surface area contributed by atoms with Gasteiger partial charge in [0.15, 0.2) is 5.96 Å². The summed E-state index contributed by atoms with van der Waals surface area (Å²) in [5, 5.41) is 3.40. The third-order valence-electron chi connectivity index (χ3n) is 4.52. The van der Waals surface area contributed by atoms with Crippen LogP contribution in [0.5, 0.6) is 5.75 Å². The van der Waals surface area contributed by atoms with Gasteiger partial charge in [-0.2, -0.15) is 8.78 Å². The van der Waals surface area contributed by atoms with Gasteiger partial charge in [-0.1, -0.05) is 12.1 Å². The summed E-state index contributed by atoms with van der Waals surface area (Å²) in [5.74, 6) is 0.977. The summed E-state index contributed by atoms with van der Waals surface area (Å²) in [6.45, 7) is 0.861. The Morgan fingerprint density at radius 3 is 2.38 bits per heavy atom. The number of ether oxygens (including phenoxy) is 1. The molecule has 5 nitrogen and oxygen atoms in total. The van der Waals surface area contributed by atoms with Gasteiger partial charge in [-0.05, 0) is 44.5 Å². The van der Waals surface area contributed by atoms with Gasteiger partial charge in [-0.15, -0.1) is 24.0 Å². The van der Waals surface area contributed by atoms with E-state index in [-0.39, 0.29) is 29.7 Å². The molecule has 26 heavy (non-hydrogen) atoms. The molecule has 1 N–H and O–H groups in total. The lowest BCUT2D eigenvalue weighted by molar-refractivity contribution is -0.0498. The van der Waals surface area contributed by atoms with E-state index in [2.05, 4.69) is 33.9 Å². The third kappa shape index (κ3) is 7.22. The number of aliphatic imine (C=N–C) groups is 1. The lowest BCUT2D eigenvalue weighted by atomic mass is 10.2. The van der Waals surface area contributed by atoms with Crippen LogP contribution in [0.3, 0.4) is 0 Å². The fourth-order valence-corrected chi connectivity index (χ4v) is 2.73. The van der Waals surface area contributed by atoms with E-state index in [9.17, 15) is 8.78 Å². The molecule has 1 aliphatic rings. The van der Waals surface area contributed by atoms with Crippen LogP contribution in [0.4, 0.5) is 8.78 Å². The maximum Gasteiger partial charge on any atom is 0.387 e. The van der Waals surface area contributed by atoms with E-state index in [1.165, 1.54) is 12.8 Å². The molecule has 0 amide bonds. The van der Waals surface area contributed by atoms with Gasteiger partial charge in [-0.3, -0.25) is 9.89 Å². The molecule has 0 aliphatic heterocycles. The number of rotatable bonds is 8. The smallest absolute Gasteiger partial charge is 0.387 e. The molecular formula is C18H29F2IN4O. The van der Waals surface area contributed by atoms with Crippen molar-refractivity contribution in [2.24, 2.45) is 4.99 Å². The second-order valence-electron chi connectivity index (χ2n) is 6.55. The standard InChI is InChI=1S/C18H28F2N4O.HI/c1-13(24(4)15-7-8-15)11-22-18(21-2)23(3)12-14-5-9-16(10-6-14)25-17(19)20;/h5-6,9-10,13,15,17H,7-8,11-12H2,1-4H3,(H,21,22);1H. The highest BCUT2D eigenvalue weighted by molar-refractivity contribution is 14.0. The van der Waals surface area contributed by atoms with Gasteiger partial charge >= 0.3 is 6.61 Å². The van der Waals surface area contributed by atoms with Crippen LogP contribution in [0.2, 0.25) is 0 Å². The molecule has 1 unspecified atom stereocenters. The number of hydrogen-bond donors (Lipinski definition) is 1. The van der Waals surface area contributed by atoms with E-state index < -0.39 is 6.61 Å². The highest BCUT2D eigenvalue weighted by atomic mass is 127. The second-order valence-corrected chi connectivity index (χ2v) is 6.55. The van der Waals surface area contributed by atoms with Crippen LogP contribution >= 0.6 is 24.0 Å². The van der Waals surface area contributed by atoms with E-state index in [1.54, 1.807) is 31.3 Å². The molecule has 8 heteroatoms. The number of hydrogen-bond acceptors (Lipinski definition) is 3. The molecule has 1 fully saturated rings. The minimum atomic E-state index is -2.80. The van der Waals surface area contributed by atoms with Crippen molar-refractivity contribution in [1.82, 2.24) is 15.1 Å². The van der Waals surface area contributed by atoms with Crippen molar-refractivity contribution in [3.05, 3.63) is 29.8 Å². The van der Waals surface area contributed by atoms with E-state index in [0.717, 1.165) is 24.1 Å². The van der Waals surface area contributed by atoms with Crippen molar-refractivity contribution in [3.63, 3.8) is 0 Å². The molecule has 0 spiro atoms. The Morgan fingerprint density at radius 2 is 1.88 bits per heavy atom. The Morgan fingerprint density at radius 1 is 1.27 bits per heavy atom. The molecule has 1 aliphatic carbocycles. The highest BCUT2D eigenvalue weighted by Crippen LogP contribution is 2.26. The number of benzene rings is 1. The zero-order chi connectivity index (χ0) is 18.4. The van der Waals surface area contributed by atoms with Crippen molar-refractivity contribution in [1.29, 1.82) is 0 Å². The molecule has 0 radical (unpaired) electrons. The maximum atomic E-state index is 12.2. The van der Waals surface area contributed by atoms with Gasteiger partial charge < -0.3 is 15.0 Å². The van der Waals surface area contributed by atoms with Gasteiger partial charge in [0.25, 0.3) is 0 Å². The molecule has 1 aromatic rings. The van der Waals surface area contributed by atoms with Crippen LogP contribution in [-0.4, -0.2) is 62.1 Å². The van der Waals surface area contributed by atoms with Gasteiger partial charge in [0.1, 0.15) is 5.75 Å². The number of guanidine groups is 1. The molecule has 0 aromatic heterocycles. The molecule has 2 rings (SSSR count). The van der Waals surface area contributed by atoms with Crippen LogP contribution in [0.25, 0.3) is 0 Å². The lowest BCUT2D eigenvalue weighted by Crippen LogP contribution is -2.45. The van der Waals surface area contributed by atoms with Gasteiger partial charge in [-0.25, -0.2) is 0 Å². The molecule has 1 saturated carbocycles. The van der Waals surface area contributed by atoms with Crippen molar-refractivity contribution < 1.29 is 13.5 Å². The van der Waals surface area contributed by atoms with Crippen LogP contribution in [0.1, 0.15) is 25.3 Å². The topological polar surface area (TPSA) is 40.1 Å². The Balaban J connectivity index is 0.00000338. The van der Waals surface area contributed by atoms with Gasteiger partial charge in [0, 0.05) is 39.3 Å². The summed E-state index contributed by atoms with van der Waals surface area (Å²) in [5.41, 5.74) is 0.996. The lowest BCUT2D eigenvalue weighted by Gasteiger charge is -2.28. The molecule has 148 valence electrons. The number of likely N-dealkylation sites (N-methyl/N-ethyl adjacent to an activating group) is 1. The van der Waals surface area contributed by atoms with Crippen LogP contribution in [0, 0.1) is 0 Å². The normalized spacial score (nSPS) is 15.6. The van der Waals surface area contributed by atoms with Gasteiger partial charge in [0.05, 0.1) is 0 Å². The average Bonchev–Trinajstić information content (AvgIpc) is 3.40.